The van der Waals surface area contributed by atoms with Gasteiger partial charge in [0.1, 0.15) is 0 Å². The molecule has 3 N–H and O–H groups in total. The van der Waals surface area contributed by atoms with Crippen molar-refractivity contribution in [1.29, 1.82) is 0 Å². The van der Waals surface area contributed by atoms with Crippen LogP contribution < -0.4 is 11.1 Å². The van der Waals surface area contributed by atoms with Crippen LogP contribution in [0.3, 0.4) is 0 Å². The molecule has 0 aromatic heterocycles. The lowest BCUT2D eigenvalue weighted by molar-refractivity contribution is 0.586. The fourth-order valence-electron chi connectivity index (χ4n) is 1.43. The molecule has 0 aliphatic heterocycles. The van der Waals surface area contributed by atoms with Gasteiger partial charge in [-0.25, -0.2) is 0 Å². The second kappa shape index (κ2) is 6.81. The van der Waals surface area contributed by atoms with Crippen LogP contribution >= 0.6 is 11.8 Å². The van der Waals surface area contributed by atoms with Gasteiger partial charge in [-0.1, -0.05) is 19.9 Å². The maximum atomic E-state index is 5.87. The quantitative estimate of drug-likeness (QED) is 0.454. The van der Waals surface area contributed by atoms with Crippen molar-refractivity contribution in [3.63, 3.8) is 0 Å². The minimum absolute atomic E-state index is 0.583. The normalized spacial score (nSPS) is 11.0. The Morgan fingerprint density at radius 1 is 1.38 bits per heavy atom. The molecule has 0 fully saturated rings. The summed E-state index contributed by atoms with van der Waals surface area (Å²) in [5.41, 5.74) is 7.97. The van der Waals surface area contributed by atoms with Crippen LogP contribution in [0, 0.1) is 6.92 Å². The summed E-state index contributed by atoms with van der Waals surface area (Å²) in [6.07, 6.45) is 1.19. The standard InChI is InChI=1S/C13H22N2S/c1-10(2)15-8-5-9-16-13-7-4-6-12(14)11(13)3/h4,6-7,10,15H,5,8-9,14H2,1-3H3. The van der Waals surface area contributed by atoms with Gasteiger partial charge in [0.05, 0.1) is 0 Å². The number of hydrogen-bond donors (Lipinski definition) is 2. The number of nitrogens with one attached hydrogen (secondary N) is 1. The molecule has 0 heterocycles. The highest BCUT2D eigenvalue weighted by Gasteiger charge is 2.01. The Labute approximate surface area is 103 Å². The molecule has 0 atom stereocenters. The summed E-state index contributed by atoms with van der Waals surface area (Å²) in [5, 5.41) is 3.42. The SMILES string of the molecule is Cc1c(N)cccc1SCCCNC(C)C. The zero-order chi connectivity index (χ0) is 12.0. The van der Waals surface area contributed by atoms with Crippen LogP contribution in [-0.2, 0) is 0 Å². The van der Waals surface area contributed by atoms with E-state index in [4.69, 9.17) is 5.73 Å². The predicted octanol–water partition coefficient (Wildman–Crippen LogP) is 3.06. The maximum Gasteiger partial charge on any atom is 0.0354 e. The van der Waals surface area contributed by atoms with Crippen LogP contribution in [0.5, 0.6) is 0 Å². The van der Waals surface area contributed by atoms with Gasteiger partial charge < -0.3 is 11.1 Å². The third-order valence-corrected chi connectivity index (χ3v) is 3.70. The Kier molecular flexibility index (Phi) is 5.71. The van der Waals surface area contributed by atoms with E-state index in [1.54, 1.807) is 0 Å². The van der Waals surface area contributed by atoms with E-state index in [2.05, 4.69) is 32.2 Å². The average molecular weight is 238 g/mol. The maximum absolute atomic E-state index is 5.87. The number of anilines is 1. The minimum Gasteiger partial charge on any atom is -0.398 e. The summed E-state index contributed by atoms with van der Waals surface area (Å²) < 4.78 is 0. The van der Waals surface area contributed by atoms with Crippen LogP contribution in [0.4, 0.5) is 5.69 Å². The minimum atomic E-state index is 0.583. The molecule has 0 amide bonds. The lowest BCUT2D eigenvalue weighted by Crippen LogP contribution is -2.23. The third kappa shape index (κ3) is 4.45. The second-order valence-corrected chi connectivity index (χ2v) is 5.42. The van der Waals surface area contributed by atoms with Crippen molar-refractivity contribution in [2.24, 2.45) is 0 Å². The Morgan fingerprint density at radius 3 is 2.81 bits per heavy atom. The van der Waals surface area contributed by atoms with E-state index in [0.29, 0.717) is 6.04 Å². The monoisotopic (exact) mass is 238 g/mol. The van der Waals surface area contributed by atoms with E-state index >= 15 is 0 Å². The molecule has 1 aromatic carbocycles. The molecular formula is C13H22N2S. The summed E-state index contributed by atoms with van der Waals surface area (Å²) in [6.45, 7) is 7.53. The van der Waals surface area contributed by atoms with Crippen molar-refractivity contribution < 1.29 is 0 Å². The third-order valence-electron chi connectivity index (χ3n) is 2.46. The molecular weight excluding hydrogens is 216 g/mol. The van der Waals surface area contributed by atoms with E-state index in [1.165, 1.54) is 16.9 Å². The first-order chi connectivity index (χ1) is 7.61. The highest BCUT2D eigenvalue weighted by atomic mass is 32.2. The van der Waals surface area contributed by atoms with Crippen molar-refractivity contribution in [2.75, 3.05) is 18.0 Å². The molecule has 16 heavy (non-hydrogen) atoms. The molecule has 0 aliphatic carbocycles. The van der Waals surface area contributed by atoms with Gasteiger partial charge in [-0.3, -0.25) is 0 Å². The van der Waals surface area contributed by atoms with Crippen molar-refractivity contribution in [3.8, 4) is 0 Å². The number of benzene rings is 1. The van der Waals surface area contributed by atoms with Gasteiger partial charge in [0, 0.05) is 16.6 Å². The van der Waals surface area contributed by atoms with Gasteiger partial charge in [-0.2, -0.15) is 0 Å². The number of thioether (sulfide) groups is 1. The molecule has 0 spiro atoms. The van der Waals surface area contributed by atoms with Gasteiger partial charge in [0.15, 0.2) is 0 Å². The van der Waals surface area contributed by atoms with Crippen molar-refractivity contribution in [1.82, 2.24) is 5.32 Å². The van der Waals surface area contributed by atoms with E-state index in [0.717, 1.165) is 18.0 Å². The van der Waals surface area contributed by atoms with Crippen molar-refractivity contribution in [3.05, 3.63) is 23.8 Å². The Hall–Kier alpha value is -0.670. The molecule has 0 unspecified atom stereocenters. The molecule has 1 aromatic rings. The lowest BCUT2D eigenvalue weighted by atomic mass is 10.2. The molecule has 0 radical (unpaired) electrons. The van der Waals surface area contributed by atoms with Gasteiger partial charge in [0.2, 0.25) is 0 Å². The van der Waals surface area contributed by atoms with Crippen LogP contribution in [0.15, 0.2) is 23.1 Å². The smallest absolute Gasteiger partial charge is 0.0354 e. The highest BCUT2D eigenvalue weighted by Crippen LogP contribution is 2.26. The molecule has 0 saturated carbocycles. The molecule has 1 rings (SSSR count). The summed E-state index contributed by atoms with van der Waals surface area (Å²) in [6, 6.07) is 6.71. The summed E-state index contributed by atoms with van der Waals surface area (Å²) in [7, 11) is 0. The summed E-state index contributed by atoms with van der Waals surface area (Å²) in [5.74, 6) is 1.14. The molecule has 0 saturated heterocycles. The Morgan fingerprint density at radius 2 is 2.12 bits per heavy atom. The van der Waals surface area contributed by atoms with E-state index in [-0.39, 0.29) is 0 Å². The largest absolute Gasteiger partial charge is 0.398 e. The van der Waals surface area contributed by atoms with E-state index in [9.17, 15) is 0 Å². The second-order valence-electron chi connectivity index (χ2n) is 4.28. The zero-order valence-corrected chi connectivity index (χ0v) is 11.2. The first kappa shape index (κ1) is 13.4. The lowest BCUT2D eigenvalue weighted by Gasteiger charge is -2.09. The van der Waals surface area contributed by atoms with Crippen molar-refractivity contribution >= 4 is 17.4 Å². The van der Waals surface area contributed by atoms with Crippen molar-refractivity contribution in [2.45, 2.75) is 38.1 Å². The zero-order valence-electron chi connectivity index (χ0n) is 10.4. The molecule has 2 nitrogen and oxygen atoms in total. The molecule has 0 bridgehead atoms. The van der Waals surface area contributed by atoms with Crippen LogP contribution in [0.1, 0.15) is 25.8 Å². The Bertz CT molecular complexity index is 324. The summed E-state index contributed by atoms with van der Waals surface area (Å²) in [4.78, 5) is 1.31. The fraction of sp³-hybridized carbons (Fsp3) is 0.538. The van der Waals surface area contributed by atoms with Crippen LogP contribution in [0.25, 0.3) is 0 Å². The van der Waals surface area contributed by atoms with Crippen LogP contribution in [-0.4, -0.2) is 18.3 Å². The van der Waals surface area contributed by atoms with Crippen LogP contribution in [0.2, 0.25) is 0 Å². The Balaban J connectivity index is 2.29. The average Bonchev–Trinajstić information content (AvgIpc) is 2.23. The number of nitrogen functional groups attached to an aromatic ring is 1. The topological polar surface area (TPSA) is 38.0 Å². The number of nitrogens with two attached hydrogens (primary N) is 1. The van der Waals surface area contributed by atoms with Gasteiger partial charge in [-0.05, 0) is 43.3 Å². The highest BCUT2D eigenvalue weighted by molar-refractivity contribution is 7.99. The first-order valence-corrected chi connectivity index (χ1v) is 6.81. The predicted molar refractivity (Wildman–Crippen MR) is 74.1 cm³/mol. The van der Waals surface area contributed by atoms with Gasteiger partial charge >= 0.3 is 0 Å². The van der Waals surface area contributed by atoms with Gasteiger partial charge in [0.25, 0.3) is 0 Å². The first-order valence-electron chi connectivity index (χ1n) is 5.82. The molecule has 3 heteroatoms. The molecule has 90 valence electrons. The van der Waals surface area contributed by atoms with E-state index < -0.39 is 0 Å². The fourth-order valence-corrected chi connectivity index (χ4v) is 2.45. The molecule has 0 aliphatic rings. The number of rotatable bonds is 6. The van der Waals surface area contributed by atoms with Gasteiger partial charge in [-0.15, -0.1) is 11.8 Å². The summed E-state index contributed by atoms with van der Waals surface area (Å²) >= 11 is 1.89. The van der Waals surface area contributed by atoms with E-state index in [1.807, 2.05) is 23.9 Å². The number of hydrogen-bond acceptors (Lipinski definition) is 3.